The zero-order chi connectivity index (χ0) is 17.9. The Kier molecular flexibility index (Phi) is 8.12. The van der Waals surface area contributed by atoms with Gasteiger partial charge in [0.25, 0.3) is 0 Å². The highest BCUT2D eigenvalue weighted by atomic mass is 32.1. The topological polar surface area (TPSA) is 54.9 Å². The highest BCUT2D eigenvalue weighted by Crippen LogP contribution is 2.28. The number of methoxy groups -OCH3 is 1. The third-order valence-electron chi connectivity index (χ3n) is 3.54. The lowest BCUT2D eigenvalue weighted by molar-refractivity contribution is 0.310. The molecule has 0 bridgehead atoms. The molecule has 2 aromatic rings. The van der Waals surface area contributed by atoms with Gasteiger partial charge in [0.2, 0.25) is 0 Å². The molecule has 25 heavy (non-hydrogen) atoms. The summed E-state index contributed by atoms with van der Waals surface area (Å²) >= 11 is 1.78. The summed E-state index contributed by atoms with van der Waals surface area (Å²) in [4.78, 5) is 6.03. The molecule has 0 saturated carbocycles. The maximum Gasteiger partial charge on any atom is 0.191 e. The minimum atomic E-state index is 0.580. The van der Waals surface area contributed by atoms with Crippen LogP contribution in [-0.2, 0) is 13.0 Å². The minimum Gasteiger partial charge on any atom is -0.493 e. The van der Waals surface area contributed by atoms with E-state index in [1.54, 1.807) is 18.4 Å². The predicted molar refractivity (Wildman–Crippen MR) is 105 cm³/mol. The number of nitrogens with one attached hydrogen (secondary N) is 2. The Morgan fingerprint density at radius 1 is 1.16 bits per heavy atom. The molecule has 136 valence electrons. The summed E-state index contributed by atoms with van der Waals surface area (Å²) in [5, 5.41) is 8.76. The molecule has 0 spiro atoms. The smallest absolute Gasteiger partial charge is 0.191 e. The SMILES string of the molecule is CCNC(=NCc1ccc(OCC)c(OC)c1)NCCc1cccs1. The molecule has 1 heterocycles. The molecule has 0 atom stereocenters. The first-order valence-electron chi connectivity index (χ1n) is 8.61. The van der Waals surface area contributed by atoms with Crippen LogP contribution in [-0.4, -0.2) is 32.8 Å². The van der Waals surface area contributed by atoms with Crippen molar-refractivity contribution in [3.8, 4) is 11.5 Å². The fourth-order valence-corrected chi connectivity index (χ4v) is 3.07. The summed E-state index contributed by atoms with van der Waals surface area (Å²) in [7, 11) is 1.65. The summed E-state index contributed by atoms with van der Waals surface area (Å²) in [6.07, 6.45) is 0.999. The van der Waals surface area contributed by atoms with Crippen molar-refractivity contribution in [1.29, 1.82) is 0 Å². The molecule has 1 aromatic carbocycles. The van der Waals surface area contributed by atoms with Crippen molar-refractivity contribution in [2.24, 2.45) is 4.99 Å². The first-order chi connectivity index (χ1) is 12.3. The van der Waals surface area contributed by atoms with Crippen LogP contribution < -0.4 is 20.1 Å². The van der Waals surface area contributed by atoms with Gasteiger partial charge in [-0.05, 0) is 49.4 Å². The summed E-state index contributed by atoms with van der Waals surface area (Å²) < 4.78 is 10.9. The lowest BCUT2D eigenvalue weighted by Crippen LogP contribution is -2.38. The number of rotatable bonds is 9. The van der Waals surface area contributed by atoms with Crippen molar-refractivity contribution < 1.29 is 9.47 Å². The number of guanidine groups is 1. The molecule has 6 heteroatoms. The lowest BCUT2D eigenvalue weighted by Gasteiger charge is -2.12. The van der Waals surface area contributed by atoms with E-state index in [0.717, 1.165) is 42.5 Å². The van der Waals surface area contributed by atoms with Crippen molar-refractivity contribution >= 4 is 17.3 Å². The Labute approximate surface area is 154 Å². The first-order valence-corrected chi connectivity index (χ1v) is 9.49. The maximum absolute atomic E-state index is 5.55. The number of nitrogens with zero attached hydrogens (tertiary/aromatic N) is 1. The van der Waals surface area contributed by atoms with Crippen LogP contribution in [0.25, 0.3) is 0 Å². The van der Waals surface area contributed by atoms with Gasteiger partial charge in [0, 0.05) is 18.0 Å². The molecule has 1 aromatic heterocycles. The highest BCUT2D eigenvalue weighted by Gasteiger charge is 2.05. The van der Waals surface area contributed by atoms with E-state index >= 15 is 0 Å². The number of ether oxygens (including phenoxy) is 2. The number of aliphatic imine (C=N–C) groups is 1. The van der Waals surface area contributed by atoms with Crippen LogP contribution in [0.1, 0.15) is 24.3 Å². The van der Waals surface area contributed by atoms with Crippen LogP contribution in [0, 0.1) is 0 Å². The monoisotopic (exact) mass is 361 g/mol. The molecule has 0 aliphatic rings. The van der Waals surface area contributed by atoms with Crippen molar-refractivity contribution in [3.05, 3.63) is 46.2 Å². The molecule has 0 aliphatic carbocycles. The molecule has 0 aliphatic heterocycles. The standard InChI is InChI=1S/C19H27N3O2S/c1-4-20-19(21-11-10-16-7-6-12-25-16)22-14-15-8-9-17(24-5-2)18(13-15)23-3/h6-9,12-13H,4-5,10-11,14H2,1-3H3,(H2,20,21,22). The van der Waals surface area contributed by atoms with E-state index in [0.29, 0.717) is 13.2 Å². The van der Waals surface area contributed by atoms with Crippen molar-refractivity contribution in [2.75, 3.05) is 26.8 Å². The summed E-state index contributed by atoms with van der Waals surface area (Å²) in [6, 6.07) is 10.2. The summed E-state index contributed by atoms with van der Waals surface area (Å²) in [5.74, 6) is 2.33. The van der Waals surface area contributed by atoms with Crippen LogP contribution in [0.5, 0.6) is 11.5 Å². The molecule has 0 unspecified atom stereocenters. The molecule has 2 rings (SSSR count). The Bertz CT molecular complexity index is 657. The highest BCUT2D eigenvalue weighted by molar-refractivity contribution is 7.09. The normalized spacial score (nSPS) is 11.2. The Balaban J connectivity index is 1.95. The quantitative estimate of drug-likeness (QED) is 0.531. The first kappa shape index (κ1) is 19.1. The third kappa shape index (κ3) is 6.31. The van der Waals surface area contributed by atoms with Crippen LogP contribution >= 0.6 is 11.3 Å². The van der Waals surface area contributed by atoms with E-state index in [1.807, 2.05) is 25.1 Å². The van der Waals surface area contributed by atoms with Crippen molar-refractivity contribution in [3.63, 3.8) is 0 Å². The van der Waals surface area contributed by atoms with Gasteiger partial charge in [-0.3, -0.25) is 0 Å². The fraction of sp³-hybridized carbons (Fsp3) is 0.421. The molecule has 0 radical (unpaired) electrons. The zero-order valence-electron chi connectivity index (χ0n) is 15.2. The molecule has 0 fully saturated rings. The largest absolute Gasteiger partial charge is 0.493 e. The number of hydrogen-bond acceptors (Lipinski definition) is 4. The van der Waals surface area contributed by atoms with E-state index in [9.17, 15) is 0 Å². The molecule has 2 N–H and O–H groups in total. The van der Waals surface area contributed by atoms with E-state index in [4.69, 9.17) is 9.47 Å². The predicted octanol–water partition coefficient (Wildman–Crippen LogP) is 3.45. The van der Waals surface area contributed by atoms with E-state index < -0.39 is 0 Å². The molecule has 5 nitrogen and oxygen atoms in total. The number of hydrogen-bond donors (Lipinski definition) is 2. The summed E-state index contributed by atoms with van der Waals surface area (Å²) in [6.45, 7) is 6.92. The van der Waals surface area contributed by atoms with Crippen LogP contribution in [0.4, 0.5) is 0 Å². The molecule has 0 saturated heterocycles. The van der Waals surface area contributed by atoms with Crippen LogP contribution in [0.2, 0.25) is 0 Å². The minimum absolute atomic E-state index is 0.580. The van der Waals surface area contributed by atoms with Gasteiger partial charge in [0.05, 0.1) is 20.3 Å². The van der Waals surface area contributed by atoms with Crippen molar-refractivity contribution in [2.45, 2.75) is 26.8 Å². The average molecular weight is 362 g/mol. The van der Waals surface area contributed by atoms with Gasteiger partial charge in [-0.1, -0.05) is 12.1 Å². The third-order valence-corrected chi connectivity index (χ3v) is 4.47. The fourth-order valence-electron chi connectivity index (χ4n) is 2.36. The molecule has 0 amide bonds. The van der Waals surface area contributed by atoms with E-state index in [1.165, 1.54) is 4.88 Å². The second-order valence-corrected chi connectivity index (χ2v) is 6.40. The van der Waals surface area contributed by atoms with Gasteiger partial charge in [0.15, 0.2) is 17.5 Å². The number of thiophene rings is 1. The molecular formula is C19H27N3O2S. The van der Waals surface area contributed by atoms with Crippen molar-refractivity contribution in [1.82, 2.24) is 10.6 Å². The van der Waals surface area contributed by atoms with Gasteiger partial charge < -0.3 is 20.1 Å². The van der Waals surface area contributed by atoms with Gasteiger partial charge in [-0.2, -0.15) is 0 Å². The van der Waals surface area contributed by atoms with E-state index in [2.05, 4.69) is 40.1 Å². The van der Waals surface area contributed by atoms with Gasteiger partial charge in [0.1, 0.15) is 0 Å². The second-order valence-electron chi connectivity index (χ2n) is 5.37. The summed E-state index contributed by atoms with van der Waals surface area (Å²) in [5.41, 5.74) is 1.08. The number of benzene rings is 1. The maximum atomic E-state index is 5.55. The Morgan fingerprint density at radius 3 is 2.72 bits per heavy atom. The Morgan fingerprint density at radius 2 is 2.04 bits per heavy atom. The Hall–Kier alpha value is -2.21. The van der Waals surface area contributed by atoms with E-state index in [-0.39, 0.29) is 0 Å². The van der Waals surface area contributed by atoms with Gasteiger partial charge in [-0.15, -0.1) is 11.3 Å². The second kappa shape index (κ2) is 10.6. The lowest BCUT2D eigenvalue weighted by atomic mass is 10.2. The van der Waals surface area contributed by atoms with Crippen LogP contribution in [0.3, 0.4) is 0 Å². The molecular weight excluding hydrogens is 334 g/mol. The van der Waals surface area contributed by atoms with Crippen LogP contribution in [0.15, 0.2) is 40.7 Å². The average Bonchev–Trinajstić information content (AvgIpc) is 3.14. The van der Waals surface area contributed by atoms with Gasteiger partial charge >= 0.3 is 0 Å². The zero-order valence-corrected chi connectivity index (χ0v) is 16.0. The van der Waals surface area contributed by atoms with Gasteiger partial charge in [-0.25, -0.2) is 4.99 Å².